The van der Waals surface area contributed by atoms with Crippen molar-refractivity contribution in [1.29, 1.82) is 0 Å². The normalized spacial score (nSPS) is 18.0. The van der Waals surface area contributed by atoms with Crippen LogP contribution in [0, 0.1) is 11.8 Å². The van der Waals surface area contributed by atoms with Crippen LogP contribution in [-0.2, 0) is 0 Å². The zero-order valence-electron chi connectivity index (χ0n) is 14.4. The van der Waals surface area contributed by atoms with Crippen LogP contribution in [0.2, 0.25) is 0 Å². The highest BCUT2D eigenvalue weighted by Crippen LogP contribution is 2.15. The van der Waals surface area contributed by atoms with E-state index in [-0.39, 0.29) is 5.91 Å². The second-order valence-electron chi connectivity index (χ2n) is 6.81. The van der Waals surface area contributed by atoms with Crippen molar-refractivity contribution in [2.75, 3.05) is 26.2 Å². The topological polar surface area (TPSA) is 50.4 Å². The lowest BCUT2D eigenvalue weighted by molar-refractivity contribution is 0.0950. The zero-order valence-corrected chi connectivity index (χ0v) is 14.4. The molecule has 0 spiro atoms. The largest absolute Gasteiger partial charge is 0.494 e. The third kappa shape index (κ3) is 6.61. The number of piperidine rings is 1. The van der Waals surface area contributed by atoms with Gasteiger partial charge in [-0.3, -0.25) is 4.79 Å². The van der Waals surface area contributed by atoms with E-state index in [1.165, 1.54) is 12.8 Å². The summed E-state index contributed by atoms with van der Waals surface area (Å²) in [7, 11) is 0. The summed E-state index contributed by atoms with van der Waals surface area (Å²) in [5.41, 5.74) is 0.697. The van der Waals surface area contributed by atoms with E-state index in [1.54, 1.807) is 0 Å². The van der Waals surface area contributed by atoms with Gasteiger partial charge in [0.2, 0.25) is 0 Å². The molecule has 0 saturated carbocycles. The summed E-state index contributed by atoms with van der Waals surface area (Å²) in [4.78, 5) is 12.1. The Kier molecular flexibility index (Phi) is 7.40. The van der Waals surface area contributed by atoms with Crippen LogP contribution in [0.15, 0.2) is 24.3 Å². The van der Waals surface area contributed by atoms with Gasteiger partial charge in [-0.25, -0.2) is 0 Å². The SMILES string of the molecule is CC(C)CCOc1ccc(C(=O)NCCC2CCCNC2)cc1. The van der Waals surface area contributed by atoms with Crippen LogP contribution < -0.4 is 15.4 Å². The molecule has 2 N–H and O–H groups in total. The van der Waals surface area contributed by atoms with E-state index in [2.05, 4.69) is 24.5 Å². The lowest BCUT2D eigenvalue weighted by Gasteiger charge is -2.22. The van der Waals surface area contributed by atoms with Gasteiger partial charge in [0.15, 0.2) is 0 Å². The highest BCUT2D eigenvalue weighted by Gasteiger charge is 2.13. The summed E-state index contributed by atoms with van der Waals surface area (Å²) < 4.78 is 5.67. The van der Waals surface area contributed by atoms with Crippen molar-refractivity contribution in [2.45, 2.75) is 39.5 Å². The fourth-order valence-corrected chi connectivity index (χ4v) is 2.78. The van der Waals surface area contributed by atoms with Gasteiger partial charge >= 0.3 is 0 Å². The van der Waals surface area contributed by atoms with Gasteiger partial charge in [-0.05, 0) is 74.9 Å². The van der Waals surface area contributed by atoms with Gasteiger partial charge in [0.25, 0.3) is 5.91 Å². The highest BCUT2D eigenvalue weighted by molar-refractivity contribution is 5.94. The Morgan fingerprint density at radius 3 is 2.78 bits per heavy atom. The lowest BCUT2D eigenvalue weighted by Crippen LogP contribution is -2.33. The molecule has 0 aliphatic carbocycles. The van der Waals surface area contributed by atoms with Crippen LogP contribution in [0.5, 0.6) is 5.75 Å². The molecule has 128 valence electrons. The second-order valence-corrected chi connectivity index (χ2v) is 6.81. The molecule has 4 nitrogen and oxygen atoms in total. The first-order chi connectivity index (χ1) is 11.1. The Morgan fingerprint density at radius 2 is 2.13 bits per heavy atom. The minimum atomic E-state index is 0.00231. The molecule has 1 unspecified atom stereocenters. The van der Waals surface area contributed by atoms with Gasteiger partial charge < -0.3 is 15.4 Å². The number of hydrogen-bond donors (Lipinski definition) is 2. The van der Waals surface area contributed by atoms with E-state index in [4.69, 9.17) is 4.74 Å². The fourth-order valence-electron chi connectivity index (χ4n) is 2.78. The molecule has 1 aromatic rings. The highest BCUT2D eigenvalue weighted by atomic mass is 16.5. The van der Waals surface area contributed by atoms with E-state index in [0.29, 0.717) is 17.4 Å². The maximum absolute atomic E-state index is 12.1. The van der Waals surface area contributed by atoms with E-state index >= 15 is 0 Å². The summed E-state index contributed by atoms with van der Waals surface area (Å²) in [6, 6.07) is 7.42. The molecule has 1 aliphatic rings. The molecule has 1 amide bonds. The van der Waals surface area contributed by atoms with Gasteiger partial charge in [0.05, 0.1) is 6.61 Å². The minimum absolute atomic E-state index is 0.00231. The van der Waals surface area contributed by atoms with Crippen molar-refractivity contribution >= 4 is 5.91 Å². The van der Waals surface area contributed by atoms with Gasteiger partial charge in [-0.15, -0.1) is 0 Å². The summed E-state index contributed by atoms with van der Waals surface area (Å²) >= 11 is 0. The molecular formula is C19H30N2O2. The lowest BCUT2D eigenvalue weighted by atomic mass is 9.96. The van der Waals surface area contributed by atoms with Crippen LogP contribution >= 0.6 is 0 Å². The molecule has 1 aliphatic heterocycles. The Labute approximate surface area is 140 Å². The Balaban J connectivity index is 1.69. The van der Waals surface area contributed by atoms with Gasteiger partial charge in [0.1, 0.15) is 5.75 Å². The summed E-state index contributed by atoms with van der Waals surface area (Å²) in [6.45, 7) is 8.05. The van der Waals surface area contributed by atoms with Crippen molar-refractivity contribution < 1.29 is 9.53 Å². The minimum Gasteiger partial charge on any atom is -0.494 e. The molecule has 2 rings (SSSR count). The number of nitrogens with one attached hydrogen (secondary N) is 2. The summed E-state index contributed by atoms with van der Waals surface area (Å²) in [5.74, 6) is 2.16. The third-order valence-electron chi connectivity index (χ3n) is 4.32. The molecule has 1 heterocycles. The number of carbonyl (C=O) groups excluding carboxylic acids is 1. The van der Waals surface area contributed by atoms with E-state index in [9.17, 15) is 4.79 Å². The quantitative estimate of drug-likeness (QED) is 0.774. The van der Waals surface area contributed by atoms with E-state index in [0.717, 1.165) is 44.8 Å². The van der Waals surface area contributed by atoms with Crippen LogP contribution in [0.4, 0.5) is 0 Å². The fraction of sp³-hybridized carbons (Fsp3) is 0.632. The Bertz CT molecular complexity index is 465. The predicted octanol–water partition coefficient (Wildman–Crippen LogP) is 3.23. The summed E-state index contributed by atoms with van der Waals surface area (Å²) in [5, 5.41) is 6.42. The predicted molar refractivity (Wildman–Crippen MR) is 93.9 cm³/mol. The van der Waals surface area contributed by atoms with Crippen LogP contribution in [0.25, 0.3) is 0 Å². The number of rotatable bonds is 8. The average Bonchev–Trinajstić information content (AvgIpc) is 2.56. The van der Waals surface area contributed by atoms with Gasteiger partial charge in [0, 0.05) is 12.1 Å². The van der Waals surface area contributed by atoms with Gasteiger partial charge in [-0.1, -0.05) is 13.8 Å². The Hall–Kier alpha value is -1.55. The maximum Gasteiger partial charge on any atom is 0.251 e. The maximum atomic E-state index is 12.1. The number of amides is 1. The molecular weight excluding hydrogens is 288 g/mol. The zero-order chi connectivity index (χ0) is 16.5. The first kappa shape index (κ1) is 17.8. The Morgan fingerprint density at radius 1 is 1.35 bits per heavy atom. The second kappa shape index (κ2) is 9.56. The smallest absolute Gasteiger partial charge is 0.251 e. The van der Waals surface area contributed by atoms with Crippen molar-refractivity contribution in [3.8, 4) is 5.75 Å². The van der Waals surface area contributed by atoms with Crippen molar-refractivity contribution in [1.82, 2.24) is 10.6 Å². The van der Waals surface area contributed by atoms with Crippen LogP contribution in [-0.4, -0.2) is 32.1 Å². The molecule has 0 aromatic heterocycles. The first-order valence-corrected chi connectivity index (χ1v) is 8.87. The third-order valence-corrected chi connectivity index (χ3v) is 4.32. The average molecular weight is 318 g/mol. The van der Waals surface area contributed by atoms with Crippen molar-refractivity contribution in [2.24, 2.45) is 11.8 Å². The van der Waals surface area contributed by atoms with E-state index < -0.39 is 0 Å². The number of benzene rings is 1. The number of hydrogen-bond acceptors (Lipinski definition) is 3. The van der Waals surface area contributed by atoms with Crippen LogP contribution in [0.1, 0.15) is 49.9 Å². The number of carbonyl (C=O) groups is 1. The first-order valence-electron chi connectivity index (χ1n) is 8.87. The van der Waals surface area contributed by atoms with E-state index in [1.807, 2.05) is 24.3 Å². The van der Waals surface area contributed by atoms with Crippen molar-refractivity contribution in [3.05, 3.63) is 29.8 Å². The molecule has 0 radical (unpaired) electrons. The molecule has 4 heteroatoms. The molecule has 0 bridgehead atoms. The van der Waals surface area contributed by atoms with Gasteiger partial charge in [-0.2, -0.15) is 0 Å². The number of ether oxygens (including phenoxy) is 1. The molecule has 1 aromatic carbocycles. The molecule has 23 heavy (non-hydrogen) atoms. The van der Waals surface area contributed by atoms with Crippen LogP contribution in [0.3, 0.4) is 0 Å². The monoisotopic (exact) mass is 318 g/mol. The molecule has 1 fully saturated rings. The molecule has 1 saturated heterocycles. The molecule has 1 atom stereocenters. The summed E-state index contributed by atoms with van der Waals surface area (Å²) in [6.07, 6.45) is 4.61. The standard InChI is InChI=1S/C19H30N2O2/c1-15(2)10-13-23-18-7-5-17(6-8-18)19(22)21-12-9-16-4-3-11-20-14-16/h5-8,15-16,20H,3-4,9-14H2,1-2H3,(H,21,22). The van der Waals surface area contributed by atoms with Crippen molar-refractivity contribution in [3.63, 3.8) is 0 Å².